The molecule has 2 heterocycles. The van der Waals surface area contributed by atoms with Crippen molar-refractivity contribution in [1.82, 2.24) is 15.2 Å². The molecule has 196 valence electrons. The summed E-state index contributed by atoms with van der Waals surface area (Å²) in [6, 6.07) is 14.2. The van der Waals surface area contributed by atoms with Crippen LogP contribution in [-0.4, -0.2) is 63.3 Å². The predicted molar refractivity (Wildman–Crippen MR) is 155 cm³/mol. The highest BCUT2D eigenvalue weighted by atomic mass is 16.1. The minimum absolute atomic E-state index is 0.190. The van der Waals surface area contributed by atoms with E-state index in [2.05, 4.69) is 76.3 Å². The average molecular weight is 501 g/mol. The molecule has 0 saturated heterocycles. The molecule has 1 saturated carbocycles. The molecule has 2 aliphatic rings. The molecule has 1 aromatic heterocycles. The van der Waals surface area contributed by atoms with Crippen LogP contribution in [0.5, 0.6) is 0 Å². The molecule has 1 aliphatic heterocycles. The molecular formula is C30H40N6O. The van der Waals surface area contributed by atoms with Crippen molar-refractivity contribution in [2.24, 2.45) is 10.7 Å². The van der Waals surface area contributed by atoms with Crippen molar-refractivity contribution in [3.8, 4) is 12.8 Å². The van der Waals surface area contributed by atoms with Gasteiger partial charge in [-0.15, -0.1) is 12.8 Å². The summed E-state index contributed by atoms with van der Waals surface area (Å²) < 4.78 is 0. The SMILES string of the molecule is C#C.CN=C1/C(=C(\C)C=O)C=C(c2ccccn2)N1c1ccc(C2(N)CCC2)cc1.CNCCN(C)C. The summed E-state index contributed by atoms with van der Waals surface area (Å²) in [4.78, 5) is 24.6. The van der Waals surface area contributed by atoms with Gasteiger partial charge in [0.1, 0.15) is 12.1 Å². The fourth-order valence-corrected chi connectivity index (χ4v) is 4.16. The van der Waals surface area contributed by atoms with Gasteiger partial charge in [0.2, 0.25) is 0 Å². The number of nitrogens with two attached hydrogens (primary N) is 1. The number of nitrogens with zero attached hydrogens (tertiary/aromatic N) is 4. The number of amidine groups is 1. The van der Waals surface area contributed by atoms with Gasteiger partial charge < -0.3 is 16.0 Å². The van der Waals surface area contributed by atoms with Crippen LogP contribution in [0.25, 0.3) is 5.70 Å². The largest absolute Gasteiger partial charge is 0.321 e. The number of aliphatic imine (C=N–C) groups is 1. The number of carbonyl (C=O) groups excluding carboxylic acids is 1. The van der Waals surface area contributed by atoms with Gasteiger partial charge >= 0.3 is 0 Å². The molecule has 0 radical (unpaired) electrons. The standard InChI is InChI=1S/C23H24N4O.C5H14N2.C2H2/c1-16(15-28)19-14-21(20-6-3-4-13-26-20)27(22(19)25-2)18-9-7-17(8-10-18)23(24)11-5-12-23;1-6-4-5-7(2)3;1-2/h3-4,6-10,13-15H,5,11-12,24H2,1-2H3;6H,4-5H2,1-3H3;1-2H/b19-16+,25-22?;;. The van der Waals surface area contributed by atoms with E-state index in [9.17, 15) is 4.79 Å². The van der Waals surface area contributed by atoms with E-state index in [4.69, 9.17) is 5.73 Å². The molecule has 7 nitrogen and oxygen atoms in total. The average Bonchev–Trinajstić information content (AvgIpc) is 3.32. The number of pyridine rings is 1. The quantitative estimate of drug-likeness (QED) is 0.341. The van der Waals surface area contributed by atoms with Gasteiger partial charge in [0.15, 0.2) is 0 Å². The lowest BCUT2D eigenvalue weighted by Gasteiger charge is -2.38. The second-order valence-electron chi connectivity index (χ2n) is 9.31. The van der Waals surface area contributed by atoms with Crippen molar-refractivity contribution < 1.29 is 4.79 Å². The lowest BCUT2D eigenvalue weighted by molar-refractivity contribution is -0.104. The zero-order valence-corrected chi connectivity index (χ0v) is 22.7. The van der Waals surface area contributed by atoms with Crippen molar-refractivity contribution in [3.63, 3.8) is 0 Å². The molecule has 4 rings (SSSR count). The van der Waals surface area contributed by atoms with E-state index < -0.39 is 0 Å². The first-order valence-electron chi connectivity index (χ1n) is 12.4. The third-order valence-corrected chi connectivity index (χ3v) is 6.47. The second-order valence-corrected chi connectivity index (χ2v) is 9.31. The van der Waals surface area contributed by atoms with Gasteiger partial charge in [-0.3, -0.25) is 19.7 Å². The van der Waals surface area contributed by atoms with Crippen LogP contribution in [0, 0.1) is 12.8 Å². The van der Waals surface area contributed by atoms with E-state index in [0.29, 0.717) is 5.57 Å². The summed E-state index contributed by atoms with van der Waals surface area (Å²) >= 11 is 0. The van der Waals surface area contributed by atoms with Crippen LogP contribution in [0.3, 0.4) is 0 Å². The third-order valence-electron chi connectivity index (χ3n) is 6.47. The maximum absolute atomic E-state index is 11.4. The van der Waals surface area contributed by atoms with Gasteiger partial charge in [-0.05, 0) is 88.8 Å². The summed E-state index contributed by atoms with van der Waals surface area (Å²) in [7, 11) is 7.84. The minimum Gasteiger partial charge on any atom is -0.321 e. The number of nitrogens with one attached hydrogen (secondary N) is 1. The fraction of sp³-hybridized carbons (Fsp3) is 0.367. The normalized spacial score (nSPS) is 18.1. The number of aldehydes is 1. The molecule has 0 unspecified atom stereocenters. The first kappa shape index (κ1) is 29.7. The highest BCUT2D eigenvalue weighted by Crippen LogP contribution is 2.40. The molecule has 7 heteroatoms. The van der Waals surface area contributed by atoms with Crippen LogP contribution in [0.1, 0.15) is 37.4 Å². The Morgan fingerprint density at radius 3 is 2.32 bits per heavy atom. The smallest absolute Gasteiger partial charge is 0.146 e. The van der Waals surface area contributed by atoms with E-state index in [1.54, 1.807) is 20.2 Å². The minimum atomic E-state index is -0.190. The Hall–Kier alpha value is -3.57. The molecule has 1 aromatic carbocycles. The first-order chi connectivity index (χ1) is 17.8. The Labute approximate surface area is 222 Å². The van der Waals surface area contributed by atoms with E-state index in [0.717, 1.165) is 60.7 Å². The molecule has 3 N–H and O–H groups in total. The monoisotopic (exact) mass is 500 g/mol. The van der Waals surface area contributed by atoms with E-state index in [1.807, 2.05) is 31.3 Å². The fourth-order valence-electron chi connectivity index (χ4n) is 4.16. The Balaban J connectivity index is 0.000000465. The van der Waals surface area contributed by atoms with E-state index in [1.165, 1.54) is 12.0 Å². The van der Waals surface area contributed by atoms with Gasteiger partial charge in [-0.2, -0.15) is 0 Å². The number of hydrogen-bond donors (Lipinski definition) is 2. The predicted octanol–water partition coefficient (Wildman–Crippen LogP) is 3.84. The highest BCUT2D eigenvalue weighted by molar-refractivity contribution is 6.25. The second kappa shape index (κ2) is 14.2. The lowest BCUT2D eigenvalue weighted by atomic mass is 9.73. The van der Waals surface area contributed by atoms with Gasteiger partial charge in [0.25, 0.3) is 0 Å². The summed E-state index contributed by atoms with van der Waals surface area (Å²) in [6.07, 6.45) is 15.9. The summed E-state index contributed by atoms with van der Waals surface area (Å²) in [5.41, 5.74) is 11.6. The number of anilines is 1. The number of terminal acetylenes is 1. The number of hydrogen-bond acceptors (Lipinski definition) is 6. The van der Waals surface area contributed by atoms with Gasteiger partial charge in [0, 0.05) is 43.1 Å². The molecule has 0 atom stereocenters. The molecule has 1 fully saturated rings. The number of aromatic nitrogens is 1. The number of likely N-dealkylation sites (N-methyl/N-ethyl adjacent to an activating group) is 2. The highest BCUT2D eigenvalue weighted by Gasteiger charge is 2.35. The van der Waals surface area contributed by atoms with Crippen molar-refractivity contribution in [1.29, 1.82) is 0 Å². The number of rotatable bonds is 7. The Bertz CT molecular complexity index is 1130. The topological polar surface area (TPSA) is 86.8 Å². The van der Waals surface area contributed by atoms with Crippen LogP contribution < -0.4 is 16.0 Å². The molecule has 0 spiro atoms. The molecule has 0 amide bonds. The first-order valence-corrected chi connectivity index (χ1v) is 12.4. The number of benzene rings is 1. The molecule has 0 bridgehead atoms. The van der Waals surface area contributed by atoms with Crippen molar-refractivity contribution in [2.45, 2.75) is 31.7 Å². The zero-order valence-electron chi connectivity index (χ0n) is 22.7. The van der Waals surface area contributed by atoms with Crippen molar-refractivity contribution in [2.75, 3.05) is 46.2 Å². The molecular weight excluding hydrogens is 460 g/mol. The van der Waals surface area contributed by atoms with Crippen LogP contribution in [0.4, 0.5) is 5.69 Å². The third kappa shape index (κ3) is 7.23. The lowest BCUT2D eigenvalue weighted by Crippen LogP contribution is -2.43. The summed E-state index contributed by atoms with van der Waals surface area (Å²) in [5.74, 6) is 0.740. The Morgan fingerprint density at radius 2 is 1.89 bits per heavy atom. The Kier molecular flexibility index (Phi) is 11.4. The van der Waals surface area contributed by atoms with Gasteiger partial charge in [-0.25, -0.2) is 0 Å². The Morgan fingerprint density at radius 1 is 1.22 bits per heavy atom. The van der Waals surface area contributed by atoms with Crippen molar-refractivity contribution in [3.05, 3.63) is 77.1 Å². The molecule has 1 aliphatic carbocycles. The summed E-state index contributed by atoms with van der Waals surface area (Å²) in [5, 5.41) is 3.06. The zero-order chi connectivity index (χ0) is 27.4. The van der Waals surface area contributed by atoms with Crippen LogP contribution >= 0.6 is 0 Å². The van der Waals surface area contributed by atoms with E-state index >= 15 is 0 Å². The van der Waals surface area contributed by atoms with Crippen LogP contribution in [0.15, 0.2) is 70.9 Å². The number of allylic oxidation sites excluding steroid dienone is 1. The van der Waals surface area contributed by atoms with Gasteiger partial charge in [0.05, 0.1) is 11.4 Å². The maximum Gasteiger partial charge on any atom is 0.146 e. The molecule has 2 aromatic rings. The van der Waals surface area contributed by atoms with Crippen LogP contribution in [0.2, 0.25) is 0 Å². The van der Waals surface area contributed by atoms with Crippen LogP contribution in [-0.2, 0) is 10.3 Å². The van der Waals surface area contributed by atoms with Crippen molar-refractivity contribution >= 4 is 23.5 Å². The van der Waals surface area contributed by atoms with Gasteiger partial charge in [-0.1, -0.05) is 18.2 Å². The maximum atomic E-state index is 11.4. The summed E-state index contributed by atoms with van der Waals surface area (Å²) in [6.45, 7) is 4.00. The molecule has 37 heavy (non-hydrogen) atoms. The van der Waals surface area contributed by atoms with E-state index in [-0.39, 0.29) is 5.54 Å². The number of carbonyl (C=O) groups is 1.